The molecule has 1 aromatic carbocycles. The summed E-state index contributed by atoms with van der Waals surface area (Å²) in [6, 6.07) is 7.76. The van der Waals surface area contributed by atoms with Gasteiger partial charge in [0.15, 0.2) is 0 Å². The minimum absolute atomic E-state index is 0.0516. The number of hydrogen-bond acceptors (Lipinski definition) is 3. The Kier molecular flexibility index (Phi) is 5.65. The summed E-state index contributed by atoms with van der Waals surface area (Å²) in [5, 5.41) is 9.30. The molecule has 0 aliphatic rings. The van der Waals surface area contributed by atoms with Gasteiger partial charge in [-0.25, -0.2) is 0 Å². The van der Waals surface area contributed by atoms with Crippen molar-refractivity contribution in [3.05, 3.63) is 29.8 Å². The van der Waals surface area contributed by atoms with Crippen LogP contribution in [0.15, 0.2) is 24.3 Å². The molecule has 0 heterocycles. The smallest absolute Gasteiger partial charge is 0.219 e. The van der Waals surface area contributed by atoms with Crippen LogP contribution in [0.25, 0.3) is 0 Å². The van der Waals surface area contributed by atoms with E-state index in [1.807, 2.05) is 31.2 Å². The predicted molar refractivity (Wildman–Crippen MR) is 70.6 cm³/mol. The van der Waals surface area contributed by atoms with Gasteiger partial charge in [0.1, 0.15) is 12.4 Å². The van der Waals surface area contributed by atoms with Crippen LogP contribution < -0.4 is 4.74 Å². The second-order valence-electron chi connectivity index (χ2n) is 4.43. The van der Waals surface area contributed by atoms with Gasteiger partial charge in [-0.1, -0.05) is 18.2 Å². The second kappa shape index (κ2) is 7.01. The molecule has 100 valence electrons. The van der Waals surface area contributed by atoms with E-state index < -0.39 is 6.10 Å². The lowest BCUT2D eigenvalue weighted by molar-refractivity contribution is -0.130. The van der Waals surface area contributed by atoms with Gasteiger partial charge in [0.25, 0.3) is 0 Å². The molecule has 0 radical (unpaired) electrons. The van der Waals surface area contributed by atoms with Gasteiger partial charge in [-0.05, 0) is 25.5 Å². The fourth-order valence-corrected chi connectivity index (χ4v) is 1.68. The Morgan fingerprint density at radius 1 is 1.44 bits per heavy atom. The Labute approximate surface area is 108 Å². The van der Waals surface area contributed by atoms with E-state index in [4.69, 9.17) is 4.74 Å². The first-order chi connectivity index (χ1) is 8.50. The largest absolute Gasteiger partial charge is 0.491 e. The molecule has 1 atom stereocenters. The van der Waals surface area contributed by atoms with Crippen molar-refractivity contribution >= 4 is 5.91 Å². The van der Waals surface area contributed by atoms with E-state index in [9.17, 15) is 9.90 Å². The number of benzene rings is 1. The number of nitrogens with zero attached hydrogens (tertiary/aromatic N) is 1. The van der Waals surface area contributed by atoms with Crippen LogP contribution in [-0.2, 0) is 4.79 Å². The van der Waals surface area contributed by atoms with Crippen molar-refractivity contribution < 1.29 is 14.6 Å². The lowest BCUT2D eigenvalue weighted by atomic mass is 10.2. The summed E-state index contributed by atoms with van der Waals surface area (Å²) in [6.45, 7) is 6.39. The van der Waals surface area contributed by atoms with Gasteiger partial charge in [-0.3, -0.25) is 4.79 Å². The van der Waals surface area contributed by atoms with Crippen molar-refractivity contribution in [2.45, 2.75) is 26.9 Å². The quantitative estimate of drug-likeness (QED) is 0.835. The maximum absolute atomic E-state index is 11.3. The van der Waals surface area contributed by atoms with Crippen LogP contribution in [0.2, 0.25) is 0 Å². The first kappa shape index (κ1) is 14.5. The van der Waals surface area contributed by atoms with Gasteiger partial charge in [0.2, 0.25) is 5.91 Å². The Morgan fingerprint density at radius 3 is 2.67 bits per heavy atom. The number of hydrogen-bond donors (Lipinski definition) is 1. The molecule has 0 saturated heterocycles. The first-order valence-corrected chi connectivity index (χ1v) is 6.12. The third-order valence-electron chi connectivity index (χ3n) is 2.64. The molecule has 0 aromatic heterocycles. The van der Waals surface area contributed by atoms with E-state index in [1.165, 1.54) is 6.92 Å². The zero-order valence-electron chi connectivity index (χ0n) is 11.2. The molecule has 0 aliphatic carbocycles. The number of ether oxygens (including phenoxy) is 1. The van der Waals surface area contributed by atoms with Crippen LogP contribution in [0.5, 0.6) is 5.75 Å². The number of aliphatic hydroxyl groups is 1. The van der Waals surface area contributed by atoms with Crippen LogP contribution in [-0.4, -0.2) is 41.7 Å². The molecule has 1 rings (SSSR count). The second-order valence-corrected chi connectivity index (χ2v) is 4.43. The van der Waals surface area contributed by atoms with Crippen LogP contribution in [0.4, 0.5) is 0 Å². The van der Waals surface area contributed by atoms with Gasteiger partial charge in [-0.15, -0.1) is 0 Å². The van der Waals surface area contributed by atoms with Gasteiger partial charge < -0.3 is 14.7 Å². The molecule has 4 heteroatoms. The van der Waals surface area contributed by atoms with Gasteiger partial charge in [-0.2, -0.15) is 0 Å². The minimum Gasteiger partial charge on any atom is -0.491 e. The summed E-state index contributed by atoms with van der Waals surface area (Å²) in [5.74, 6) is 0.780. The molecule has 0 aliphatic heterocycles. The molecular weight excluding hydrogens is 230 g/mol. The molecule has 18 heavy (non-hydrogen) atoms. The lowest BCUT2D eigenvalue weighted by Gasteiger charge is -2.22. The van der Waals surface area contributed by atoms with Crippen molar-refractivity contribution in [2.24, 2.45) is 0 Å². The van der Waals surface area contributed by atoms with Crippen LogP contribution >= 0.6 is 0 Å². The third kappa shape index (κ3) is 4.75. The van der Waals surface area contributed by atoms with Crippen molar-refractivity contribution in [3.63, 3.8) is 0 Å². The zero-order chi connectivity index (χ0) is 13.5. The number of amides is 1. The van der Waals surface area contributed by atoms with Gasteiger partial charge in [0, 0.05) is 13.5 Å². The van der Waals surface area contributed by atoms with Crippen LogP contribution in [0.1, 0.15) is 19.4 Å². The van der Waals surface area contributed by atoms with Crippen molar-refractivity contribution in [3.8, 4) is 5.75 Å². The fraction of sp³-hybridized carbons (Fsp3) is 0.500. The number of carbonyl (C=O) groups excluding carboxylic acids is 1. The highest BCUT2D eigenvalue weighted by Crippen LogP contribution is 2.15. The molecule has 0 fully saturated rings. The van der Waals surface area contributed by atoms with Crippen molar-refractivity contribution in [1.82, 2.24) is 4.90 Å². The molecular formula is C14H21NO3. The molecule has 0 spiro atoms. The Bertz CT molecular complexity index is 390. The highest BCUT2D eigenvalue weighted by molar-refractivity contribution is 5.73. The highest BCUT2D eigenvalue weighted by atomic mass is 16.5. The molecule has 0 saturated carbocycles. The summed E-state index contributed by atoms with van der Waals surface area (Å²) in [6.07, 6.45) is -0.521. The summed E-state index contributed by atoms with van der Waals surface area (Å²) < 4.78 is 5.62. The molecule has 0 unspecified atom stereocenters. The maximum atomic E-state index is 11.3. The minimum atomic E-state index is -0.521. The van der Waals surface area contributed by atoms with Crippen LogP contribution in [0.3, 0.4) is 0 Å². The average molecular weight is 251 g/mol. The molecule has 1 amide bonds. The first-order valence-electron chi connectivity index (χ1n) is 6.12. The fourth-order valence-electron chi connectivity index (χ4n) is 1.68. The van der Waals surface area contributed by atoms with E-state index in [0.29, 0.717) is 19.7 Å². The summed E-state index contributed by atoms with van der Waals surface area (Å²) in [4.78, 5) is 12.9. The standard InChI is InChI=1S/C14H21NO3/c1-11-6-4-5-7-14(11)18-9-8-15(13(3)17)10-12(2)16/h4-7,12,16H,8-10H2,1-3H3/t12-/m1/s1. The SMILES string of the molecule is CC(=O)N(CCOc1ccccc1C)C[C@@H](C)O. The number of carbonyl (C=O) groups is 1. The average Bonchev–Trinajstić information content (AvgIpc) is 2.29. The molecule has 0 bridgehead atoms. The third-order valence-corrected chi connectivity index (χ3v) is 2.64. The van der Waals surface area contributed by atoms with Crippen molar-refractivity contribution in [1.29, 1.82) is 0 Å². The number of aryl methyl sites for hydroxylation is 1. The van der Waals surface area contributed by atoms with Crippen LogP contribution in [0, 0.1) is 6.92 Å². The zero-order valence-corrected chi connectivity index (χ0v) is 11.2. The number of rotatable bonds is 6. The maximum Gasteiger partial charge on any atom is 0.219 e. The Hall–Kier alpha value is -1.55. The number of aliphatic hydroxyl groups excluding tert-OH is 1. The predicted octanol–water partition coefficient (Wildman–Crippen LogP) is 1.60. The Balaban J connectivity index is 2.44. The molecule has 1 N–H and O–H groups in total. The summed E-state index contributed by atoms with van der Waals surface area (Å²) in [5.41, 5.74) is 1.07. The summed E-state index contributed by atoms with van der Waals surface area (Å²) >= 11 is 0. The lowest BCUT2D eigenvalue weighted by Crippen LogP contribution is -2.37. The van der Waals surface area contributed by atoms with E-state index in [0.717, 1.165) is 11.3 Å². The van der Waals surface area contributed by atoms with E-state index in [2.05, 4.69) is 0 Å². The van der Waals surface area contributed by atoms with Crippen molar-refractivity contribution in [2.75, 3.05) is 19.7 Å². The topological polar surface area (TPSA) is 49.8 Å². The summed E-state index contributed by atoms with van der Waals surface area (Å²) in [7, 11) is 0. The van der Waals surface area contributed by atoms with Gasteiger partial charge >= 0.3 is 0 Å². The number of para-hydroxylation sites is 1. The van der Waals surface area contributed by atoms with E-state index >= 15 is 0 Å². The van der Waals surface area contributed by atoms with E-state index in [-0.39, 0.29) is 5.91 Å². The van der Waals surface area contributed by atoms with Gasteiger partial charge in [0.05, 0.1) is 12.6 Å². The Morgan fingerprint density at radius 2 is 2.11 bits per heavy atom. The molecule has 4 nitrogen and oxygen atoms in total. The monoisotopic (exact) mass is 251 g/mol. The normalized spacial score (nSPS) is 12.0. The molecule has 1 aromatic rings. The van der Waals surface area contributed by atoms with E-state index in [1.54, 1.807) is 11.8 Å². The highest BCUT2D eigenvalue weighted by Gasteiger charge is 2.11.